The zero-order valence-corrected chi connectivity index (χ0v) is 20.0. The van der Waals surface area contributed by atoms with E-state index in [1.54, 1.807) is 11.8 Å². The fourth-order valence-corrected chi connectivity index (χ4v) is 4.26. The standard InChI is InChI=1S/C25H34N2O3S/c1-7-12-31-23(17(2)3)19-10-8-18(9-11-19)15-26-24(30)21-13-20(28)16-27(21)22(29)14-25(4,5)6/h8-12,20-21,28H,1,13-16H2,2-6H3,(H,26,30)/t20-,21+/m1/s1. The zero-order chi connectivity index (χ0) is 23.2. The number of carbonyl (C=O) groups is 2. The Kier molecular flexibility index (Phi) is 8.75. The molecule has 0 aliphatic carbocycles. The second-order valence-electron chi connectivity index (χ2n) is 9.37. The molecule has 0 aromatic heterocycles. The van der Waals surface area contributed by atoms with Gasteiger partial charge in [-0.05, 0) is 30.4 Å². The van der Waals surface area contributed by atoms with Gasteiger partial charge in [-0.3, -0.25) is 9.59 Å². The number of benzene rings is 1. The molecule has 6 heteroatoms. The summed E-state index contributed by atoms with van der Waals surface area (Å²) < 4.78 is 0. The second-order valence-corrected chi connectivity index (χ2v) is 10.3. The molecule has 2 N–H and O–H groups in total. The van der Waals surface area contributed by atoms with Crippen molar-refractivity contribution < 1.29 is 14.7 Å². The van der Waals surface area contributed by atoms with Crippen LogP contribution >= 0.6 is 11.8 Å². The molecule has 0 saturated carbocycles. The van der Waals surface area contributed by atoms with E-state index in [2.05, 4.69) is 31.5 Å². The predicted octanol–water partition coefficient (Wildman–Crippen LogP) is 4.48. The quantitative estimate of drug-likeness (QED) is 0.611. The van der Waals surface area contributed by atoms with Gasteiger partial charge in [0.2, 0.25) is 11.8 Å². The Bertz CT molecular complexity index is 873. The van der Waals surface area contributed by atoms with Crippen molar-refractivity contribution in [3.8, 4) is 0 Å². The van der Waals surface area contributed by atoms with E-state index < -0.39 is 12.1 Å². The minimum atomic E-state index is -0.663. The van der Waals surface area contributed by atoms with Gasteiger partial charge < -0.3 is 15.3 Å². The van der Waals surface area contributed by atoms with Gasteiger partial charge >= 0.3 is 0 Å². The number of aliphatic hydroxyl groups excluding tert-OH is 1. The summed E-state index contributed by atoms with van der Waals surface area (Å²) in [6.45, 7) is 14.3. The molecular formula is C25H34N2O3S. The fourth-order valence-electron chi connectivity index (χ4n) is 3.55. The van der Waals surface area contributed by atoms with Crippen molar-refractivity contribution in [2.45, 2.75) is 66.2 Å². The van der Waals surface area contributed by atoms with Crippen LogP contribution in [-0.2, 0) is 16.1 Å². The van der Waals surface area contributed by atoms with Crippen molar-refractivity contribution in [1.29, 1.82) is 0 Å². The van der Waals surface area contributed by atoms with E-state index in [1.165, 1.54) is 10.5 Å². The highest BCUT2D eigenvalue weighted by Crippen LogP contribution is 2.31. The van der Waals surface area contributed by atoms with Crippen LogP contribution in [0.5, 0.6) is 0 Å². The lowest BCUT2D eigenvalue weighted by Gasteiger charge is -2.27. The largest absolute Gasteiger partial charge is 0.391 e. The molecule has 1 aromatic carbocycles. The Balaban J connectivity index is 2.02. The van der Waals surface area contributed by atoms with Crippen molar-refractivity contribution in [1.82, 2.24) is 10.2 Å². The van der Waals surface area contributed by atoms with E-state index in [-0.39, 0.29) is 30.2 Å². The van der Waals surface area contributed by atoms with Crippen LogP contribution in [0.4, 0.5) is 0 Å². The number of nitrogens with one attached hydrogen (secondary N) is 1. The fraction of sp³-hybridized carbons (Fsp3) is 0.480. The van der Waals surface area contributed by atoms with E-state index in [1.807, 2.05) is 50.4 Å². The van der Waals surface area contributed by atoms with Gasteiger partial charge in [0.25, 0.3) is 0 Å². The van der Waals surface area contributed by atoms with E-state index in [4.69, 9.17) is 0 Å². The van der Waals surface area contributed by atoms with Crippen LogP contribution in [0.1, 0.15) is 58.6 Å². The van der Waals surface area contributed by atoms with Gasteiger partial charge in [0.1, 0.15) is 6.04 Å². The number of allylic oxidation sites excluding steroid dienone is 1. The van der Waals surface area contributed by atoms with Crippen LogP contribution in [0.25, 0.3) is 4.91 Å². The molecule has 0 radical (unpaired) electrons. The summed E-state index contributed by atoms with van der Waals surface area (Å²) in [5.74, 6) is -0.312. The van der Waals surface area contributed by atoms with Crippen LogP contribution in [0.3, 0.4) is 0 Å². The number of hydrogen-bond donors (Lipinski definition) is 2. The first-order chi connectivity index (χ1) is 14.5. The van der Waals surface area contributed by atoms with Gasteiger partial charge in [0.05, 0.1) is 6.10 Å². The second kappa shape index (κ2) is 10.9. The van der Waals surface area contributed by atoms with Crippen molar-refractivity contribution in [3.05, 3.63) is 58.7 Å². The van der Waals surface area contributed by atoms with Gasteiger partial charge in [-0.2, -0.15) is 0 Å². The Morgan fingerprint density at radius 2 is 1.94 bits per heavy atom. The summed E-state index contributed by atoms with van der Waals surface area (Å²) in [4.78, 5) is 28.1. The van der Waals surface area contributed by atoms with E-state index >= 15 is 0 Å². The van der Waals surface area contributed by atoms with E-state index in [9.17, 15) is 14.7 Å². The average molecular weight is 443 g/mol. The molecule has 1 aromatic rings. The number of hydrogen-bond acceptors (Lipinski definition) is 4. The lowest BCUT2D eigenvalue weighted by atomic mass is 9.91. The van der Waals surface area contributed by atoms with Crippen molar-refractivity contribution >= 4 is 28.5 Å². The number of aliphatic hydroxyl groups is 1. The third-order valence-corrected chi connectivity index (χ3v) is 6.14. The summed E-state index contributed by atoms with van der Waals surface area (Å²) in [6, 6.07) is 7.42. The maximum absolute atomic E-state index is 12.8. The predicted molar refractivity (Wildman–Crippen MR) is 128 cm³/mol. The molecule has 5 nitrogen and oxygen atoms in total. The molecule has 1 heterocycles. The smallest absolute Gasteiger partial charge is 0.243 e. The summed E-state index contributed by atoms with van der Waals surface area (Å²) in [5.41, 5.74) is 5.89. The normalized spacial score (nSPS) is 18.3. The minimum Gasteiger partial charge on any atom is -0.391 e. The van der Waals surface area contributed by atoms with Gasteiger partial charge in [-0.25, -0.2) is 0 Å². The number of rotatable bonds is 7. The lowest BCUT2D eigenvalue weighted by Crippen LogP contribution is -2.46. The first-order valence-corrected chi connectivity index (χ1v) is 11.4. The molecule has 1 aliphatic heterocycles. The van der Waals surface area contributed by atoms with Crippen LogP contribution < -0.4 is 5.32 Å². The Labute approximate surface area is 190 Å². The maximum Gasteiger partial charge on any atom is 0.243 e. The van der Waals surface area contributed by atoms with Crippen molar-refractivity contribution in [2.75, 3.05) is 6.54 Å². The zero-order valence-electron chi connectivity index (χ0n) is 19.2. The third-order valence-electron chi connectivity index (χ3n) is 4.98. The summed E-state index contributed by atoms with van der Waals surface area (Å²) >= 11 is 1.58. The number of likely N-dealkylation sites (tertiary alicyclic amines) is 1. The van der Waals surface area contributed by atoms with E-state index in [0.29, 0.717) is 13.0 Å². The number of amides is 2. The average Bonchev–Trinajstić information content (AvgIpc) is 3.08. The van der Waals surface area contributed by atoms with E-state index in [0.717, 1.165) is 16.0 Å². The molecule has 2 rings (SSSR count). The van der Waals surface area contributed by atoms with Gasteiger partial charge in [0.15, 0.2) is 0 Å². The van der Waals surface area contributed by atoms with Crippen LogP contribution in [0.2, 0.25) is 0 Å². The molecule has 31 heavy (non-hydrogen) atoms. The highest BCUT2D eigenvalue weighted by molar-refractivity contribution is 8.10. The molecule has 0 unspecified atom stereocenters. The summed E-state index contributed by atoms with van der Waals surface area (Å²) in [7, 11) is 0. The molecule has 0 bridgehead atoms. The minimum absolute atomic E-state index is 0.0890. The Hall–Kier alpha value is -2.27. The highest BCUT2D eigenvalue weighted by Gasteiger charge is 2.39. The number of thioether (sulfide) groups is 1. The summed E-state index contributed by atoms with van der Waals surface area (Å²) in [6.07, 6.45) is -0.0430. The molecule has 0 spiro atoms. The van der Waals surface area contributed by atoms with Crippen molar-refractivity contribution in [2.24, 2.45) is 5.41 Å². The van der Waals surface area contributed by atoms with Crippen LogP contribution in [0.15, 0.2) is 47.6 Å². The molecule has 2 atom stereocenters. The summed E-state index contributed by atoms with van der Waals surface area (Å²) in [5, 5.41) is 14.8. The molecular weight excluding hydrogens is 408 g/mol. The van der Waals surface area contributed by atoms with Gasteiger partial charge in [-0.1, -0.05) is 69.0 Å². The van der Waals surface area contributed by atoms with Crippen LogP contribution in [0, 0.1) is 5.41 Å². The molecule has 1 aliphatic rings. The third kappa shape index (κ3) is 7.42. The maximum atomic E-state index is 12.8. The SMILES string of the molecule is C=C=CSC(=C(C)C)c1ccc(CNC(=O)[C@@H]2C[C@@H](O)CN2C(=O)CC(C)(C)C)cc1. The molecule has 168 valence electrons. The molecule has 2 amide bonds. The monoisotopic (exact) mass is 442 g/mol. The van der Waals surface area contributed by atoms with Crippen LogP contribution in [-0.4, -0.2) is 40.5 Å². The number of carbonyl (C=O) groups excluding carboxylic acids is 2. The first-order valence-electron chi connectivity index (χ1n) is 10.5. The van der Waals surface area contributed by atoms with Gasteiger partial charge in [-0.15, -0.1) is 5.73 Å². The first kappa shape index (κ1) is 25.0. The number of β-amino-alcohol motifs (C(OH)–C–C–N with tert-alkyl or cyclic N) is 1. The Morgan fingerprint density at radius 3 is 2.48 bits per heavy atom. The lowest BCUT2D eigenvalue weighted by molar-refractivity contribution is -0.140. The Morgan fingerprint density at radius 1 is 1.29 bits per heavy atom. The van der Waals surface area contributed by atoms with Crippen molar-refractivity contribution in [3.63, 3.8) is 0 Å². The molecule has 1 saturated heterocycles. The molecule has 1 fully saturated rings. The highest BCUT2D eigenvalue weighted by atomic mass is 32.2. The number of nitrogens with zero attached hydrogens (tertiary/aromatic N) is 1. The van der Waals surface area contributed by atoms with Gasteiger partial charge in [0, 0.05) is 36.2 Å². The topological polar surface area (TPSA) is 69.6 Å².